The summed E-state index contributed by atoms with van der Waals surface area (Å²) in [5, 5.41) is 8.56. The first kappa shape index (κ1) is 16.6. The standard InChI is InChI=1S/C15H18N2O4S/c18-9-11-21-10-8-17-22(19,20)15-5-3-13(4-6-15)14-2-1-7-16-12-14/h1-7,12,17-18H,8-11H2. The molecule has 0 aliphatic heterocycles. The summed E-state index contributed by atoms with van der Waals surface area (Å²) in [5.41, 5.74) is 1.83. The Morgan fingerprint density at radius 2 is 1.86 bits per heavy atom. The van der Waals surface area contributed by atoms with Gasteiger partial charge in [-0.25, -0.2) is 13.1 Å². The van der Waals surface area contributed by atoms with E-state index in [9.17, 15) is 8.42 Å². The molecule has 0 spiro atoms. The van der Waals surface area contributed by atoms with Crippen LogP contribution in [0.3, 0.4) is 0 Å². The van der Waals surface area contributed by atoms with Crippen molar-refractivity contribution in [1.82, 2.24) is 9.71 Å². The number of rotatable bonds is 8. The third kappa shape index (κ3) is 4.60. The Balaban J connectivity index is 2.00. The van der Waals surface area contributed by atoms with Gasteiger partial charge in [0.15, 0.2) is 0 Å². The van der Waals surface area contributed by atoms with Crippen LogP contribution in [0.1, 0.15) is 0 Å². The fraction of sp³-hybridized carbons (Fsp3) is 0.267. The predicted molar refractivity (Wildman–Crippen MR) is 82.8 cm³/mol. The van der Waals surface area contributed by atoms with Crippen molar-refractivity contribution >= 4 is 10.0 Å². The van der Waals surface area contributed by atoms with E-state index in [1.165, 1.54) is 0 Å². The summed E-state index contributed by atoms with van der Waals surface area (Å²) in [6.07, 6.45) is 3.41. The Labute approximate surface area is 129 Å². The average Bonchev–Trinajstić information content (AvgIpc) is 2.55. The Bertz CT molecular complexity index is 672. The zero-order valence-electron chi connectivity index (χ0n) is 12.0. The molecule has 7 heteroatoms. The fourth-order valence-corrected chi connectivity index (χ4v) is 2.87. The molecule has 2 aromatic rings. The topological polar surface area (TPSA) is 88.5 Å². The average molecular weight is 322 g/mol. The van der Waals surface area contributed by atoms with Crippen LogP contribution in [0.2, 0.25) is 0 Å². The number of hydrogen-bond acceptors (Lipinski definition) is 5. The predicted octanol–water partition coefficient (Wildman–Crippen LogP) is 1.04. The Morgan fingerprint density at radius 3 is 2.50 bits per heavy atom. The molecule has 0 amide bonds. The number of aliphatic hydroxyl groups excluding tert-OH is 1. The van der Waals surface area contributed by atoms with E-state index in [1.807, 2.05) is 12.1 Å². The highest BCUT2D eigenvalue weighted by atomic mass is 32.2. The lowest BCUT2D eigenvalue weighted by molar-refractivity contribution is 0.0961. The number of benzene rings is 1. The SMILES string of the molecule is O=S(=O)(NCCOCCO)c1ccc(-c2cccnc2)cc1. The van der Waals surface area contributed by atoms with Crippen LogP contribution in [0.15, 0.2) is 53.7 Å². The number of aliphatic hydroxyl groups is 1. The molecule has 2 rings (SSSR count). The van der Waals surface area contributed by atoms with Crippen molar-refractivity contribution in [3.05, 3.63) is 48.8 Å². The largest absolute Gasteiger partial charge is 0.394 e. The minimum Gasteiger partial charge on any atom is -0.394 e. The number of aromatic nitrogens is 1. The van der Waals surface area contributed by atoms with Gasteiger partial charge in [0.1, 0.15) is 0 Å². The number of pyridine rings is 1. The van der Waals surface area contributed by atoms with Crippen molar-refractivity contribution in [3.8, 4) is 11.1 Å². The van der Waals surface area contributed by atoms with E-state index in [2.05, 4.69) is 9.71 Å². The Kier molecular flexibility index (Phi) is 6.02. The van der Waals surface area contributed by atoms with Gasteiger partial charge in [0.25, 0.3) is 0 Å². The van der Waals surface area contributed by atoms with Gasteiger partial charge in [0.05, 0.1) is 24.7 Å². The molecule has 0 aliphatic rings. The van der Waals surface area contributed by atoms with Gasteiger partial charge in [-0.05, 0) is 29.3 Å². The van der Waals surface area contributed by atoms with Gasteiger partial charge >= 0.3 is 0 Å². The number of sulfonamides is 1. The maximum Gasteiger partial charge on any atom is 0.240 e. The molecule has 0 saturated carbocycles. The third-order valence-electron chi connectivity index (χ3n) is 2.93. The summed E-state index contributed by atoms with van der Waals surface area (Å²) in [6.45, 7) is 0.490. The zero-order chi connectivity index (χ0) is 15.8. The van der Waals surface area contributed by atoms with Gasteiger partial charge in [0.2, 0.25) is 10.0 Å². The van der Waals surface area contributed by atoms with Crippen LogP contribution < -0.4 is 4.72 Å². The Hall–Kier alpha value is -1.80. The highest BCUT2D eigenvalue weighted by Gasteiger charge is 2.13. The van der Waals surface area contributed by atoms with Crippen LogP contribution in [-0.2, 0) is 14.8 Å². The van der Waals surface area contributed by atoms with Crippen LogP contribution in [0.4, 0.5) is 0 Å². The molecule has 6 nitrogen and oxygen atoms in total. The molecular weight excluding hydrogens is 304 g/mol. The lowest BCUT2D eigenvalue weighted by Gasteiger charge is -2.08. The number of nitrogens with one attached hydrogen (secondary N) is 1. The van der Waals surface area contributed by atoms with Gasteiger partial charge in [-0.3, -0.25) is 4.98 Å². The molecule has 0 radical (unpaired) electrons. The van der Waals surface area contributed by atoms with Crippen LogP contribution in [0.5, 0.6) is 0 Å². The lowest BCUT2D eigenvalue weighted by Crippen LogP contribution is -2.27. The van der Waals surface area contributed by atoms with Gasteiger partial charge in [-0.2, -0.15) is 0 Å². The molecule has 0 aliphatic carbocycles. The van der Waals surface area contributed by atoms with Gasteiger partial charge in [-0.15, -0.1) is 0 Å². The van der Waals surface area contributed by atoms with Crippen molar-refractivity contribution in [2.75, 3.05) is 26.4 Å². The lowest BCUT2D eigenvalue weighted by atomic mass is 10.1. The first-order chi connectivity index (χ1) is 10.6. The van der Waals surface area contributed by atoms with E-state index in [0.717, 1.165) is 11.1 Å². The van der Waals surface area contributed by atoms with E-state index in [4.69, 9.17) is 9.84 Å². The second-order valence-electron chi connectivity index (χ2n) is 4.50. The van der Waals surface area contributed by atoms with Crippen LogP contribution in [0, 0.1) is 0 Å². The normalized spacial score (nSPS) is 11.5. The molecule has 0 saturated heterocycles. The minimum absolute atomic E-state index is 0.0808. The fourth-order valence-electron chi connectivity index (χ4n) is 1.86. The number of ether oxygens (including phenoxy) is 1. The van der Waals surface area contributed by atoms with E-state index >= 15 is 0 Å². The van der Waals surface area contributed by atoms with Gasteiger partial charge < -0.3 is 9.84 Å². The summed E-state index contributed by atoms with van der Waals surface area (Å²) in [6, 6.07) is 10.3. The van der Waals surface area contributed by atoms with E-state index in [0.29, 0.717) is 0 Å². The summed E-state index contributed by atoms with van der Waals surface area (Å²) < 4.78 is 31.6. The maximum absolute atomic E-state index is 12.1. The van der Waals surface area contributed by atoms with Crippen LogP contribution in [0.25, 0.3) is 11.1 Å². The highest BCUT2D eigenvalue weighted by molar-refractivity contribution is 7.89. The minimum atomic E-state index is -3.55. The molecule has 1 aromatic heterocycles. The summed E-state index contributed by atoms with van der Waals surface area (Å²) >= 11 is 0. The number of hydrogen-bond donors (Lipinski definition) is 2. The van der Waals surface area contributed by atoms with Crippen LogP contribution >= 0.6 is 0 Å². The molecule has 22 heavy (non-hydrogen) atoms. The van der Waals surface area contributed by atoms with E-state index in [1.54, 1.807) is 36.7 Å². The highest BCUT2D eigenvalue weighted by Crippen LogP contribution is 2.20. The Morgan fingerprint density at radius 1 is 1.09 bits per heavy atom. The van der Waals surface area contributed by atoms with Crippen molar-refractivity contribution < 1.29 is 18.3 Å². The zero-order valence-corrected chi connectivity index (χ0v) is 12.8. The van der Waals surface area contributed by atoms with Crippen molar-refractivity contribution in [2.24, 2.45) is 0 Å². The van der Waals surface area contributed by atoms with Gasteiger partial charge in [-0.1, -0.05) is 18.2 Å². The van der Waals surface area contributed by atoms with Gasteiger partial charge in [0, 0.05) is 18.9 Å². The second-order valence-corrected chi connectivity index (χ2v) is 6.27. The van der Waals surface area contributed by atoms with E-state index in [-0.39, 0.29) is 31.3 Å². The second kappa shape index (κ2) is 8.00. The molecule has 0 unspecified atom stereocenters. The molecule has 118 valence electrons. The molecular formula is C15H18N2O4S. The molecule has 1 aromatic carbocycles. The third-order valence-corrected chi connectivity index (χ3v) is 4.41. The van der Waals surface area contributed by atoms with Crippen molar-refractivity contribution in [2.45, 2.75) is 4.90 Å². The quantitative estimate of drug-likeness (QED) is 0.709. The summed E-state index contributed by atoms with van der Waals surface area (Å²) in [5.74, 6) is 0. The number of nitrogens with zero attached hydrogens (tertiary/aromatic N) is 1. The van der Waals surface area contributed by atoms with Crippen LogP contribution in [-0.4, -0.2) is 44.9 Å². The smallest absolute Gasteiger partial charge is 0.240 e. The molecule has 1 heterocycles. The maximum atomic E-state index is 12.1. The molecule has 0 atom stereocenters. The summed E-state index contributed by atoms with van der Waals surface area (Å²) in [7, 11) is -3.55. The molecule has 0 bridgehead atoms. The van der Waals surface area contributed by atoms with Crippen molar-refractivity contribution in [3.63, 3.8) is 0 Å². The first-order valence-corrected chi connectivity index (χ1v) is 8.30. The molecule has 0 fully saturated rings. The van der Waals surface area contributed by atoms with Crippen molar-refractivity contribution in [1.29, 1.82) is 0 Å². The first-order valence-electron chi connectivity index (χ1n) is 6.82. The monoisotopic (exact) mass is 322 g/mol. The summed E-state index contributed by atoms with van der Waals surface area (Å²) in [4.78, 5) is 4.23. The van der Waals surface area contributed by atoms with E-state index < -0.39 is 10.0 Å². The molecule has 2 N–H and O–H groups in total.